The van der Waals surface area contributed by atoms with Crippen molar-refractivity contribution in [3.63, 3.8) is 0 Å². The monoisotopic (exact) mass is 2120 g/mol. The Morgan fingerprint density at radius 2 is 0.544 bits per heavy atom. The number of rotatable bonds is 52. The molecule has 7 aromatic carbocycles. The Morgan fingerprint density at radius 3 is 0.758 bits per heavy atom. The van der Waals surface area contributed by atoms with E-state index < -0.39 is 226 Å². The second-order valence-corrected chi connectivity index (χ2v) is 35.6. The first kappa shape index (κ1) is 124. The van der Waals surface area contributed by atoms with Crippen LogP contribution in [-0.4, -0.2) is 161 Å². The number of benzene rings is 7. The molecule has 3 saturated carbocycles. The Morgan fingerprint density at radius 1 is 0.322 bits per heavy atom. The van der Waals surface area contributed by atoms with E-state index in [1.54, 1.807) is 0 Å². The summed E-state index contributed by atoms with van der Waals surface area (Å²) in [5, 5.41) is 20.0. The molecule has 3 fully saturated rings. The number of Topliss-reactive ketones (excluding diaryl/α,β-unsaturated/α-hetero) is 5. The van der Waals surface area contributed by atoms with Gasteiger partial charge in [-0.15, -0.1) is 0 Å². The van der Waals surface area contributed by atoms with Crippen molar-refractivity contribution in [1.29, 1.82) is 0 Å². The van der Waals surface area contributed by atoms with Gasteiger partial charge in [0.2, 0.25) is 46.8 Å². The van der Waals surface area contributed by atoms with Gasteiger partial charge in [-0.1, -0.05) is 73.0 Å². The minimum absolute atomic E-state index is 0.0356. The number of hydrogen-bond donors (Lipinski definition) is 10. The Labute approximate surface area is 849 Å². The first-order valence-corrected chi connectivity index (χ1v) is 48.5. The lowest BCUT2D eigenvalue weighted by atomic mass is 10.0. The average Bonchev–Trinajstić information content (AvgIpc) is 1.37. The molecule has 0 saturated heterocycles. The van der Waals surface area contributed by atoms with Crippen LogP contribution in [0, 0.1) is 140 Å². The molecule has 0 bridgehead atoms. The highest BCUT2D eigenvalue weighted by Gasteiger charge is 2.36. The van der Waals surface area contributed by atoms with Gasteiger partial charge in [-0.05, 0) is 283 Å². The molecule has 814 valence electrons. The van der Waals surface area contributed by atoms with E-state index in [4.69, 9.17) is 63.4 Å². The van der Waals surface area contributed by atoms with Crippen molar-refractivity contribution in [3.05, 3.63) is 226 Å². The summed E-state index contributed by atoms with van der Waals surface area (Å²) in [6.45, 7) is 3.92. The molecule has 0 heterocycles. The SMILES string of the molecule is Cc1cc(F)c(F)c(OCC(=O)C(CCC(F)CN)NC(=O)C2CCCC2)c1F.Cc1cc(F)c(F)c(OCC(=O)C(CCCCN)NC(=O)C2CCCC2)c1F.Cc1cc(F)c(F)c(OCC(=O)C(CCCCN)NC(=O)C2CCCC2)c1F.Cc1cc(F)c(F)c(OCC(=O)C(CCCCN)NC(=O)c2cccc(N=[N+]=[N-])c2)c1F.Cc1cc(F)c(F)c(OCC(=O)C(CCCCN)NC(=O)c2cccc(N=[N+]=[N-])c2)c1F. The van der Waals surface area contributed by atoms with E-state index in [9.17, 15) is 118 Å². The number of alkyl halides is 1. The van der Waals surface area contributed by atoms with Crippen LogP contribution < -0.4 is 78.9 Å². The van der Waals surface area contributed by atoms with E-state index in [1.807, 2.05) is 0 Å². The zero-order chi connectivity index (χ0) is 110. The van der Waals surface area contributed by atoms with E-state index in [0.29, 0.717) is 121 Å². The number of azide groups is 2. The summed E-state index contributed by atoms with van der Waals surface area (Å²) in [7, 11) is 0. The Hall–Kier alpha value is -13.5. The Bertz CT molecular complexity index is 5420. The quantitative estimate of drug-likeness (QED) is 0.00423. The molecule has 0 aliphatic heterocycles. The van der Waals surface area contributed by atoms with Crippen molar-refractivity contribution in [2.24, 2.45) is 56.7 Å². The van der Waals surface area contributed by atoms with E-state index in [0.717, 1.165) is 76.3 Å². The number of carbonyl (C=O) groups is 10. The van der Waals surface area contributed by atoms with Crippen molar-refractivity contribution < 1.29 is 142 Å². The van der Waals surface area contributed by atoms with Crippen molar-refractivity contribution in [1.82, 2.24) is 26.6 Å². The molecule has 3 aliphatic carbocycles. The number of ketones is 5. The molecule has 31 nitrogen and oxygen atoms in total. The number of amides is 5. The summed E-state index contributed by atoms with van der Waals surface area (Å²) in [4.78, 5) is 130. The lowest BCUT2D eigenvalue weighted by Gasteiger charge is -2.21. The van der Waals surface area contributed by atoms with Gasteiger partial charge in [-0.25, -0.2) is 48.3 Å². The minimum Gasteiger partial charge on any atom is -0.480 e. The molecular formula is C102H124F16N16O15. The van der Waals surface area contributed by atoms with Gasteiger partial charge >= 0.3 is 0 Å². The number of nitrogens with two attached hydrogens (primary N) is 5. The number of ether oxygens (including phenoxy) is 5. The lowest BCUT2D eigenvalue weighted by Crippen LogP contribution is -2.45. The number of halogens is 16. The smallest absolute Gasteiger partial charge is 0.251 e. The van der Waals surface area contributed by atoms with Crippen LogP contribution in [0.15, 0.2) is 89.1 Å². The zero-order valence-electron chi connectivity index (χ0n) is 82.9. The van der Waals surface area contributed by atoms with Crippen LogP contribution in [0.2, 0.25) is 0 Å². The topological polar surface area (TPSA) is 505 Å². The van der Waals surface area contributed by atoms with Gasteiger partial charge in [0.25, 0.3) is 11.8 Å². The number of aryl methyl sites for hydroxylation is 5. The normalized spacial score (nSPS) is 13.9. The standard InChI is InChI=1S/2C21H22F3N5O3.C20H26F4N2O3.2C20H27F3N2O3/c2*1-12-9-15(22)19(24)20(18(12)23)32-11-17(30)16(7-2-3-8-25)27-21(31)13-5-4-6-14(10-13)28-29-26;1-11-8-14(22)18(24)19(17(11)23)29-10-16(27)15(7-6-13(21)9-25)26-20(28)12-4-2-3-5-12;2*1-12-10-14(21)18(23)19(17(12)22)28-11-16(26)15(8-4-5-9-24)25-20(27)13-6-2-3-7-13/h2*4-6,9-10,16H,2-3,7-8,11,25H2,1H3,(H,27,31);8,12-13,15H,2-7,9-10,25H2,1H3,(H,26,28);2*10,13,15H,2-9,11,24H2,1H3,(H,25,27). The summed E-state index contributed by atoms with van der Waals surface area (Å²) in [5.41, 5.74) is 44.1. The third kappa shape index (κ3) is 39.2. The number of hydrogen-bond acceptors (Lipinski definition) is 22. The van der Waals surface area contributed by atoms with Crippen molar-refractivity contribution in [2.45, 2.75) is 238 Å². The number of unbranched alkanes of at least 4 members (excludes halogenated alkanes) is 4. The summed E-state index contributed by atoms with van der Waals surface area (Å²) >= 11 is 0. The summed E-state index contributed by atoms with van der Waals surface area (Å²) in [5.74, 6) is -29.8. The van der Waals surface area contributed by atoms with Crippen LogP contribution in [-0.2, 0) is 38.4 Å². The van der Waals surface area contributed by atoms with Crippen LogP contribution in [0.3, 0.4) is 0 Å². The maximum Gasteiger partial charge on any atom is 0.251 e. The number of nitrogens with one attached hydrogen (secondary N) is 5. The van der Waals surface area contributed by atoms with Crippen molar-refractivity contribution in [3.8, 4) is 28.7 Å². The van der Waals surface area contributed by atoms with Crippen molar-refractivity contribution >= 4 is 69.8 Å². The fraction of sp³-hybridized carbons (Fsp3) is 0.490. The van der Waals surface area contributed by atoms with Gasteiger partial charge in [0, 0.05) is 56.6 Å². The lowest BCUT2D eigenvalue weighted by molar-refractivity contribution is -0.131. The first-order valence-electron chi connectivity index (χ1n) is 48.5. The Balaban J connectivity index is 0.000000285. The van der Waals surface area contributed by atoms with Crippen LogP contribution >= 0.6 is 0 Å². The summed E-state index contributed by atoms with van der Waals surface area (Å²) in [6.07, 6.45) is 14.7. The van der Waals surface area contributed by atoms with E-state index >= 15 is 0 Å². The van der Waals surface area contributed by atoms with Gasteiger partial charge in [-0.2, -0.15) is 22.0 Å². The van der Waals surface area contributed by atoms with Crippen LogP contribution in [0.5, 0.6) is 28.7 Å². The molecule has 6 unspecified atom stereocenters. The molecule has 149 heavy (non-hydrogen) atoms. The van der Waals surface area contributed by atoms with Crippen LogP contribution in [0.1, 0.15) is 215 Å². The van der Waals surface area contributed by atoms with Crippen LogP contribution in [0.4, 0.5) is 81.6 Å². The van der Waals surface area contributed by atoms with Gasteiger partial charge in [-0.3, -0.25) is 47.9 Å². The van der Waals surface area contributed by atoms with E-state index in [2.05, 4.69) is 46.6 Å². The predicted octanol–water partition coefficient (Wildman–Crippen LogP) is 17.9. The molecule has 7 aromatic rings. The third-order valence-corrected chi connectivity index (χ3v) is 24.3. The molecule has 0 radical (unpaired) electrons. The van der Waals surface area contributed by atoms with Gasteiger partial charge < -0.3 is 78.9 Å². The average molecular weight is 2120 g/mol. The molecule has 10 rings (SSSR count). The minimum atomic E-state index is -1.54. The summed E-state index contributed by atoms with van der Waals surface area (Å²) in [6, 6.07) is 10.2. The number of nitrogens with zero attached hydrogens (tertiary/aromatic N) is 6. The van der Waals surface area contributed by atoms with Gasteiger partial charge in [0.1, 0.15) is 39.2 Å². The highest BCUT2D eigenvalue weighted by Crippen LogP contribution is 2.35. The van der Waals surface area contributed by atoms with Crippen molar-refractivity contribution in [2.75, 3.05) is 65.8 Å². The first-order chi connectivity index (χ1) is 71.0. The second-order valence-electron chi connectivity index (χ2n) is 35.6. The van der Waals surface area contributed by atoms with E-state index in [1.165, 1.54) is 83.1 Å². The largest absolute Gasteiger partial charge is 0.480 e. The molecule has 47 heteroatoms. The zero-order valence-corrected chi connectivity index (χ0v) is 82.9. The molecule has 0 spiro atoms. The molecule has 3 aliphatic rings. The van der Waals surface area contributed by atoms with Gasteiger partial charge in [0.15, 0.2) is 116 Å². The molecule has 6 atom stereocenters. The highest BCUT2D eigenvalue weighted by molar-refractivity contribution is 6.00. The fourth-order valence-corrected chi connectivity index (χ4v) is 15.8. The molecule has 5 amide bonds. The van der Waals surface area contributed by atoms with Gasteiger partial charge in [0.05, 0.1) is 30.2 Å². The highest BCUT2D eigenvalue weighted by atomic mass is 19.2. The maximum absolute atomic E-state index is 14.1. The summed E-state index contributed by atoms with van der Waals surface area (Å²) < 4.78 is 245. The number of carbonyl (C=O) groups excluding carboxylic acids is 10. The Kier molecular flexibility index (Phi) is 53.4. The molecular weight excluding hydrogens is 1990 g/mol. The predicted molar refractivity (Wildman–Crippen MR) is 517 cm³/mol. The fourth-order valence-electron chi connectivity index (χ4n) is 15.8. The van der Waals surface area contributed by atoms with E-state index in [-0.39, 0.29) is 118 Å². The maximum atomic E-state index is 14.1. The molecule has 0 aromatic heterocycles. The second kappa shape index (κ2) is 64.1. The van der Waals surface area contributed by atoms with Crippen LogP contribution in [0.25, 0.3) is 20.9 Å². The third-order valence-electron chi connectivity index (χ3n) is 24.3. The molecule has 15 N–H and O–H groups in total.